The first-order valence-corrected chi connectivity index (χ1v) is 4.50. The summed E-state index contributed by atoms with van der Waals surface area (Å²) in [4.78, 5) is 2.28. The molecule has 1 heteroatoms. The first-order valence-electron chi connectivity index (χ1n) is 4.50. The molecule has 0 aliphatic carbocycles. The van der Waals surface area contributed by atoms with Crippen LogP contribution in [0.1, 0.15) is 20.8 Å². The second-order valence-electron chi connectivity index (χ2n) is 4.05. The number of allylic oxidation sites excluding steroid dienone is 1. The van der Waals surface area contributed by atoms with Crippen molar-refractivity contribution in [3.05, 3.63) is 12.3 Å². The molecular formula is C10H19N. The molecule has 1 aliphatic rings. The van der Waals surface area contributed by atoms with E-state index in [2.05, 4.69) is 45.0 Å². The molecule has 0 bridgehead atoms. The van der Waals surface area contributed by atoms with Gasteiger partial charge in [-0.2, -0.15) is 0 Å². The van der Waals surface area contributed by atoms with E-state index in [4.69, 9.17) is 0 Å². The SMILES string of the molecule is CC(C)[C@H]1CN(C)C=CC1C. The smallest absolute Gasteiger partial charge is 0.0205 e. The zero-order chi connectivity index (χ0) is 8.43. The quantitative estimate of drug-likeness (QED) is 0.559. The lowest BCUT2D eigenvalue weighted by molar-refractivity contribution is 0.221. The third-order valence-electron chi connectivity index (χ3n) is 2.67. The number of hydrogen-bond acceptors (Lipinski definition) is 1. The van der Waals surface area contributed by atoms with E-state index in [1.165, 1.54) is 6.54 Å². The van der Waals surface area contributed by atoms with Crippen molar-refractivity contribution >= 4 is 0 Å². The monoisotopic (exact) mass is 153 g/mol. The lowest BCUT2D eigenvalue weighted by atomic mass is 9.82. The van der Waals surface area contributed by atoms with Crippen LogP contribution in [0.3, 0.4) is 0 Å². The fraction of sp³-hybridized carbons (Fsp3) is 0.800. The molecular weight excluding hydrogens is 134 g/mol. The second kappa shape index (κ2) is 3.29. The van der Waals surface area contributed by atoms with Crippen LogP contribution in [0.25, 0.3) is 0 Å². The largest absolute Gasteiger partial charge is 0.380 e. The minimum absolute atomic E-state index is 0.756. The highest BCUT2D eigenvalue weighted by molar-refractivity contribution is 4.95. The van der Waals surface area contributed by atoms with Crippen LogP contribution in [-0.4, -0.2) is 18.5 Å². The maximum atomic E-state index is 2.31. The first kappa shape index (κ1) is 8.63. The summed E-state index contributed by atoms with van der Waals surface area (Å²) in [6, 6.07) is 0. The highest BCUT2D eigenvalue weighted by atomic mass is 15.1. The molecule has 1 unspecified atom stereocenters. The van der Waals surface area contributed by atoms with E-state index in [0.29, 0.717) is 0 Å². The molecule has 1 rings (SSSR count). The molecule has 0 radical (unpaired) electrons. The highest BCUT2D eigenvalue weighted by Crippen LogP contribution is 2.25. The summed E-state index contributed by atoms with van der Waals surface area (Å²) < 4.78 is 0. The summed E-state index contributed by atoms with van der Waals surface area (Å²) >= 11 is 0. The van der Waals surface area contributed by atoms with Crippen molar-refractivity contribution in [3.63, 3.8) is 0 Å². The van der Waals surface area contributed by atoms with Gasteiger partial charge in [-0.3, -0.25) is 0 Å². The standard InChI is InChI=1S/C10H19N/c1-8(2)10-7-11(4)6-5-9(10)3/h5-6,8-10H,7H2,1-4H3/t9?,10-/m1/s1. The third-order valence-corrected chi connectivity index (χ3v) is 2.67. The van der Waals surface area contributed by atoms with E-state index >= 15 is 0 Å². The molecule has 1 aliphatic heterocycles. The lowest BCUT2D eigenvalue weighted by Gasteiger charge is -2.33. The lowest BCUT2D eigenvalue weighted by Crippen LogP contribution is -2.32. The van der Waals surface area contributed by atoms with Crippen LogP contribution in [0.2, 0.25) is 0 Å². The molecule has 1 nitrogen and oxygen atoms in total. The number of hydrogen-bond donors (Lipinski definition) is 0. The van der Waals surface area contributed by atoms with Gasteiger partial charge in [-0.25, -0.2) is 0 Å². The topological polar surface area (TPSA) is 3.24 Å². The molecule has 0 aromatic rings. The van der Waals surface area contributed by atoms with Gasteiger partial charge in [0.15, 0.2) is 0 Å². The Morgan fingerprint density at radius 2 is 2.09 bits per heavy atom. The van der Waals surface area contributed by atoms with E-state index in [0.717, 1.165) is 17.8 Å². The average Bonchev–Trinajstić information content (AvgIpc) is 1.94. The van der Waals surface area contributed by atoms with Gasteiger partial charge in [0.1, 0.15) is 0 Å². The van der Waals surface area contributed by atoms with Gasteiger partial charge >= 0.3 is 0 Å². The van der Waals surface area contributed by atoms with Crippen molar-refractivity contribution in [1.82, 2.24) is 4.90 Å². The molecule has 64 valence electrons. The van der Waals surface area contributed by atoms with Gasteiger partial charge in [0, 0.05) is 13.6 Å². The Morgan fingerprint density at radius 1 is 1.45 bits per heavy atom. The fourth-order valence-corrected chi connectivity index (χ4v) is 1.80. The summed E-state index contributed by atoms with van der Waals surface area (Å²) in [5, 5.41) is 0. The Kier molecular flexibility index (Phi) is 2.58. The molecule has 0 aromatic carbocycles. The molecule has 0 amide bonds. The van der Waals surface area contributed by atoms with E-state index in [-0.39, 0.29) is 0 Å². The van der Waals surface area contributed by atoms with Crippen LogP contribution in [0, 0.1) is 17.8 Å². The van der Waals surface area contributed by atoms with Crippen LogP contribution >= 0.6 is 0 Å². The van der Waals surface area contributed by atoms with Crippen molar-refractivity contribution in [3.8, 4) is 0 Å². The summed E-state index contributed by atoms with van der Waals surface area (Å²) in [5.41, 5.74) is 0. The zero-order valence-electron chi connectivity index (χ0n) is 8.04. The summed E-state index contributed by atoms with van der Waals surface area (Å²) in [5.74, 6) is 2.40. The Bertz CT molecular complexity index is 149. The number of nitrogens with zero attached hydrogens (tertiary/aromatic N) is 1. The van der Waals surface area contributed by atoms with Crippen LogP contribution in [0.15, 0.2) is 12.3 Å². The second-order valence-corrected chi connectivity index (χ2v) is 4.05. The predicted molar refractivity (Wildman–Crippen MR) is 49.3 cm³/mol. The van der Waals surface area contributed by atoms with Crippen molar-refractivity contribution in [2.45, 2.75) is 20.8 Å². The van der Waals surface area contributed by atoms with E-state index in [9.17, 15) is 0 Å². The maximum Gasteiger partial charge on any atom is 0.0205 e. The van der Waals surface area contributed by atoms with Crippen LogP contribution in [0.5, 0.6) is 0 Å². The van der Waals surface area contributed by atoms with Crippen LogP contribution in [0.4, 0.5) is 0 Å². The van der Waals surface area contributed by atoms with Crippen molar-refractivity contribution in [2.24, 2.45) is 17.8 Å². The third kappa shape index (κ3) is 1.98. The molecule has 0 aromatic heterocycles. The van der Waals surface area contributed by atoms with Gasteiger partial charge in [0.25, 0.3) is 0 Å². The molecule has 0 saturated heterocycles. The molecule has 0 N–H and O–H groups in total. The van der Waals surface area contributed by atoms with E-state index in [1.807, 2.05) is 0 Å². The van der Waals surface area contributed by atoms with Gasteiger partial charge < -0.3 is 4.90 Å². The highest BCUT2D eigenvalue weighted by Gasteiger charge is 2.22. The number of rotatable bonds is 1. The average molecular weight is 153 g/mol. The van der Waals surface area contributed by atoms with Gasteiger partial charge in [-0.05, 0) is 24.0 Å². The van der Waals surface area contributed by atoms with Crippen molar-refractivity contribution in [1.29, 1.82) is 0 Å². The van der Waals surface area contributed by atoms with Crippen LogP contribution in [-0.2, 0) is 0 Å². The van der Waals surface area contributed by atoms with Gasteiger partial charge in [0.05, 0.1) is 0 Å². The Hall–Kier alpha value is -0.460. The summed E-state index contributed by atoms with van der Waals surface area (Å²) in [6.07, 6.45) is 4.51. The predicted octanol–water partition coefficient (Wildman–Crippen LogP) is 2.35. The fourth-order valence-electron chi connectivity index (χ4n) is 1.80. The van der Waals surface area contributed by atoms with Gasteiger partial charge in [-0.15, -0.1) is 0 Å². The van der Waals surface area contributed by atoms with E-state index < -0.39 is 0 Å². The summed E-state index contributed by atoms with van der Waals surface area (Å²) in [6.45, 7) is 8.16. The molecule has 0 spiro atoms. The summed E-state index contributed by atoms with van der Waals surface area (Å²) in [7, 11) is 2.15. The molecule has 2 atom stereocenters. The van der Waals surface area contributed by atoms with Gasteiger partial charge in [0.2, 0.25) is 0 Å². The van der Waals surface area contributed by atoms with Gasteiger partial charge in [-0.1, -0.05) is 26.8 Å². The Labute approximate surface area is 70.1 Å². The minimum atomic E-state index is 0.756. The molecule has 0 saturated carbocycles. The first-order chi connectivity index (χ1) is 5.11. The Balaban J connectivity index is 2.60. The normalized spacial score (nSPS) is 31.5. The minimum Gasteiger partial charge on any atom is -0.380 e. The van der Waals surface area contributed by atoms with Crippen molar-refractivity contribution in [2.75, 3.05) is 13.6 Å². The maximum absolute atomic E-state index is 2.31. The Morgan fingerprint density at radius 3 is 2.55 bits per heavy atom. The molecule has 11 heavy (non-hydrogen) atoms. The van der Waals surface area contributed by atoms with Crippen LogP contribution < -0.4 is 0 Å². The molecule has 1 heterocycles. The van der Waals surface area contributed by atoms with Crippen molar-refractivity contribution < 1.29 is 0 Å². The molecule has 0 fully saturated rings. The van der Waals surface area contributed by atoms with E-state index in [1.54, 1.807) is 0 Å². The zero-order valence-corrected chi connectivity index (χ0v) is 8.04.